The molecule has 0 spiro atoms. The lowest BCUT2D eigenvalue weighted by Crippen LogP contribution is -2.67. The van der Waals surface area contributed by atoms with Crippen molar-refractivity contribution in [3.05, 3.63) is 89.2 Å². The molecule has 3 atom stereocenters. The van der Waals surface area contributed by atoms with Crippen LogP contribution in [0.1, 0.15) is 49.9 Å². The number of amides is 2. The Kier molecular flexibility index (Phi) is 8.17. The number of phenols is 1. The molecule has 3 aromatic rings. The number of phenolic OH excluding ortho intramolecular Hbond substituents is 1. The van der Waals surface area contributed by atoms with Crippen LogP contribution in [0, 0.1) is 24.4 Å². The number of hydrogen-bond donors (Lipinski definition) is 1. The molecule has 1 aromatic heterocycles. The number of anilines is 2. The minimum atomic E-state index is -1.07. The highest BCUT2D eigenvalue weighted by Crippen LogP contribution is 2.52. The summed E-state index contributed by atoms with van der Waals surface area (Å²) in [5.74, 6) is -4.35. The fraction of sp³-hybridized carbons (Fsp3) is 0.378. The maximum Gasteiger partial charge on any atom is 0.251 e. The molecule has 3 unspecified atom stereocenters. The Bertz CT molecular complexity index is 1900. The topological polar surface area (TPSA) is 89.5 Å². The first kappa shape index (κ1) is 32.7. The van der Waals surface area contributed by atoms with E-state index >= 15 is 13.2 Å². The zero-order valence-corrected chi connectivity index (χ0v) is 27.8. The van der Waals surface area contributed by atoms with Crippen molar-refractivity contribution in [2.24, 2.45) is 0 Å². The number of aromatic hydroxyl groups is 1. The number of aryl methyl sites for hydroxylation is 1. The summed E-state index contributed by atoms with van der Waals surface area (Å²) in [6.45, 7) is 12.3. The molecule has 2 amide bonds. The summed E-state index contributed by atoms with van der Waals surface area (Å²) in [5, 5.41) is 10.7. The van der Waals surface area contributed by atoms with Crippen molar-refractivity contribution < 1.29 is 32.6 Å². The molecule has 2 fully saturated rings. The SMILES string of the molecule is C=CC(=O)N1CC2C(=O)N(C3CCOC3)C3=C(c4cc(F)c(-c5c(O)cccc5F)c(F)c4N(c4c(C)ccnc4C(C)C)C3)N2CC1C. The monoisotopic (exact) mass is 673 g/mol. The molecule has 7 rings (SSSR count). The molecule has 1 N–H and O–H groups in total. The van der Waals surface area contributed by atoms with Crippen LogP contribution >= 0.6 is 0 Å². The van der Waals surface area contributed by atoms with E-state index in [0.29, 0.717) is 35.8 Å². The van der Waals surface area contributed by atoms with E-state index in [0.717, 1.165) is 11.6 Å². The minimum absolute atomic E-state index is 0.00891. The number of carbonyl (C=O) groups is 2. The van der Waals surface area contributed by atoms with E-state index in [9.17, 15) is 14.7 Å². The first-order valence-corrected chi connectivity index (χ1v) is 16.5. The number of rotatable bonds is 5. The van der Waals surface area contributed by atoms with E-state index in [1.807, 2.05) is 32.6 Å². The number of benzene rings is 2. The van der Waals surface area contributed by atoms with Crippen LogP contribution in [-0.4, -0.2) is 87.6 Å². The number of nitrogens with zero attached hydrogens (tertiary/aromatic N) is 5. The van der Waals surface area contributed by atoms with Gasteiger partial charge in [0.1, 0.15) is 23.4 Å². The van der Waals surface area contributed by atoms with Crippen LogP contribution in [0.5, 0.6) is 5.75 Å². The average Bonchev–Trinajstić information content (AvgIpc) is 3.59. The summed E-state index contributed by atoms with van der Waals surface area (Å²) in [7, 11) is 0. The first-order chi connectivity index (χ1) is 23.4. The zero-order valence-electron chi connectivity index (χ0n) is 27.8. The van der Waals surface area contributed by atoms with Crippen molar-refractivity contribution in [3.8, 4) is 16.9 Å². The van der Waals surface area contributed by atoms with Gasteiger partial charge in [0.15, 0.2) is 5.82 Å². The molecule has 5 heterocycles. The quantitative estimate of drug-likeness (QED) is 0.341. The van der Waals surface area contributed by atoms with Gasteiger partial charge in [-0.05, 0) is 62.1 Å². The maximum atomic E-state index is 17.4. The smallest absolute Gasteiger partial charge is 0.251 e. The number of piperazine rings is 1. The number of ether oxygens (including phenoxy) is 1. The van der Waals surface area contributed by atoms with Crippen LogP contribution in [0.4, 0.5) is 24.5 Å². The molecule has 9 nitrogen and oxygen atoms in total. The van der Waals surface area contributed by atoms with Gasteiger partial charge in [-0.1, -0.05) is 26.5 Å². The lowest BCUT2D eigenvalue weighted by atomic mass is 9.88. The summed E-state index contributed by atoms with van der Waals surface area (Å²) >= 11 is 0. The van der Waals surface area contributed by atoms with Gasteiger partial charge in [-0.2, -0.15) is 0 Å². The van der Waals surface area contributed by atoms with Gasteiger partial charge in [-0.25, -0.2) is 13.2 Å². The second kappa shape index (κ2) is 12.2. The van der Waals surface area contributed by atoms with Crippen LogP contribution in [0.15, 0.2) is 54.9 Å². The Labute approximate surface area is 282 Å². The summed E-state index contributed by atoms with van der Waals surface area (Å²) in [5.41, 5.74) is 1.91. The third-order valence-electron chi connectivity index (χ3n) is 10.1. The molecule has 4 aliphatic heterocycles. The third-order valence-corrected chi connectivity index (χ3v) is 10.1. The Hall–Kier alpha value is -4.84. The Morgan fingerprint density at radius 2 is 1.90 bits per heavy atom. The summed E-state index contributed by atoms with van der Waals surface area (Å²) in [6.07, 6.45) is 3.45. The largest absolute Gasteiger partial charge is 0.507 e. The second-order valence-corrected chi connectivity index (χ2v) is 13.4. The van der Waals surface area contributed by atoms with Gasteiger partial charge in [0.05, 0.1) is 65.3 Å². The number of fused-ring (bicyclic) bond motifs is 4. The van der Waals surface area contributed by atoms with Gasteiger partial charge in [0, 0.05) is 31.0 Å². The summed E-state index contributed by atoms with van der Waals surface area (Å²) in [4.78, 5) is 39.0. The van der Waals surface area contributed by atoms with Crippen molar-refractivity contribution in [3.63, 3.8) is 0 Å². The second-order valence-electron chi connectivity index (χ2n) is 13.4. The Morgan fingerprint density at radius 3 is 2.57 bits per heavy atom. The molecule has 0 bridgehead atoms. The van der Waals surface area contributed by atoms with E-state index in [-0.39, 0.29) is 67.3 Å². The van der Waals surface area contributed by atoms with Gasteiger partial charge in [0.2, 0.25) is 5.91 Å². The number of carbonyl (C=O) groups excluding carboxylic acids is 2. The number of halogens is 3. The van der Waals surface area contributed by atoms with Gasteiger partial charge >= 0.3 is 0 Å². The van der Waals surface area contributed by atoms with Crippen LogP contribution in [0.3, 0.4) is 0 Å². The van der Waals surface area contributed by atoms with Gasteiger partial charge in [0.25, 0.3) is 5.91 Å². The van der Waals surface area contributed by atoms with Crippen molar-refractivity contribution >= 4 is 28.9 Å². The molecule has 0 saturated carbocycles. The maximum absolute atomic E-state index is 17.4. The zero-order chi connectivity index (χ0) is 34.9. The Morgan fingerprint density at radius 1 is 1.12 bits per heavy atom. The highest BCUT2D eigenvalue weighted by molar-refractivity contribution is 5.98. The number of hydrogen-bond acceptors (Lipinski definition) is 7. The van der Waals surface area contributed by atoms with Crippen molar-refractivity contribution in [1.82, 2.24) is 19.7 Å². The van der Waals surface area contributed by atoms with Crippen molar-refractivity contribution in [1.29, 1.82) is 0 Å². The molecule has 0 radical (unpaired) electrons. The molecule has 49 heavy (non-hydrogen) atoms. The van der Waals surface area contributed by atoms with Crippen LogP contribution < -0.4 is 4.90 Å². The summed E-state index contributed by atoms with van der Waals surface area (Å²) in [6, 6.07) is 4.92. The fourth-order valence-corrected chi connectivity index (χ4v) is 7.83. The predicted molar refractivity (Wildman–Crippen MR) is 178 cm³/mol. The lowest BCUT2D eigenvalue weighted by Gasteiger charge is -2.54. The van der Waals surface area contributed by atoms with E-state index in [1.165, 1.54) is 24.3 Å². The van der Waals surface area contributed by atoms with Gasteiger partial charge in [-0.15, -0.1) is 0 Å². The van der Waals surface area contributed by atoms with E-state index in [4.69, 9.17) is 4.74 Å². The van der Waals surface area contributed by atoms with Crippen LogP contribution in [0.25, 0.3) is 16.8 Å². The van der Waals surface area contributed by atoms with E-state index < -0.39 is 40.4 Å². The predicted octanol–water partition coefficient (Wildman–Crippen LogP) is 5.84. The van der Waals surface area contributed by atoms with Crippen molar-refractivity contribution in [2.75, 3.05) is 37.7 Å². The summed E-state index contributed by atoms with van der Waals surface area (Å²) < 4.78 is 54.9. The first-order valence-electron chi connectivity index (χ1n) is 16.5. The average molecular weight is 674 g/mol. The normalized spacial score (nSPS) is 22.0. The fourth-order valence-electron chi connectivity index (χ4n) is 7.83. The van der Waals surface area contributed by atoms with E-state index in [1.54, 1.807) is 27.0 Å². The lowest BCUT2D eigenvalue weighted by molar-refractivity contribution is -0.144. The minimum Gasteiger partial charge on any atom is -0.507 e. The molecular weight excluding hydrogens is 635 g/mol. The molecule has 2 aromatic carbocycles. The highest BCUT2D eigenvalue weighted by atomic mass is 19.1. The molecule has 256 valence electrons. The molecule has 2 saturated heterocycles. The molecule has 0 aliphatic carbocycles. The van der Waals surface area contributed by atoms with Crippen LogP contribution in [-0.2, 0) is 14.3 Å². The molecule has 12 heteroatoms. The third kappa shape index (κ3) is 5.06. The van der Waals surface area contributed by atoms with E-state index in [2.05, 4.69) is 11.6 Å². The number of aromatic nitrogens is 1. The molecular formula is C37H38F3N5O4. The van der Waals surface area contributed by atoms with Gasteiger partial charge in [-0.3, -0.25) is 14.6 Å². The Balaban J connectivity index is 1.54. The highest BCUT2D eigenvalue weighted by Gasteiger charge is 2.51. The van der Waals surface area contributed by atoms with Crippen molar-refractivity contribution in [2.45, 2.75) is 58.2 Å². The van der Waals surface area contributed by atoms with Crippen LogP contribution in [0.2, 0.25) is 0 Å². The molecule has 4 aliphatic rings. The van der Waals surface area contributed by atoms with Gasteiger partial charge < -0.3 is 29.4 Å². The standard InChI is InChI=1S/C37H38F3N5O4/c1-6-29(47)42-17-27-37(48)45(22-11-13-49-18-22)26-16-44(34-20(4)10-12-41-33(34)19(2)3)36-23(35(26)43(27)15-21(42)5)14-25(39)31(32(36)40)30-24(38)8-7-9-28(30)46/h6-10,12,14,19,21-22,27,46H,1,11,13,15-18H2,2-5H3. The number of pyridine rings is 1.